The van der Waals surface area contributed by atoms with Crippen LogP contribution in [0.25, 0.3) is 0 Å². The maximum Gasteiger partial charge on any atom is 0.248 e. The van der Waals surface area contributed by atoms with Crippen molar-refractivity contribution in [1.29, 1.82) is 0 Å². The first-order chi connectivity index (χ1) is 10.2. The van der Waals surface area contributed by atoms with E-state index < -0.39 is 5.91 Å². The minimum absolute atomic E-state index is 0.392. The van der Waals surface area contributed by atoms with Crippen LogP contribution in [0.3, 0.4) is 0 Å². The number of nitrogens with two attached hydrogens (primary N) is 1. The highest BCUT2D eigenvalue weighted by molar-refractivity contribution is 7.98. The van der Waals surface area contributed by atoms with Gasteiger partial charge in [0.15, 0.2) is 5.16 Å². The second-order valence-corrected chi connectivity index (χ2v) is 6.15. The summed E-state index contributed by atoms with van der Waals surface area (Å²) in [7, 11) is 0. The van der Waals surface area contributed by atoms with Crippen LogP contribution in [-0.4, -0.2) is 20.7 Å². The monoisotopic (exact) mass is 302 g/mol. The molecule has 1 aromatic carbocycles. The second-order valence-electron chi connectivity index (χ2n) is 5.21. The van der Waals surface area contributed by atoms with E-state index in [9.17, 15) is 4.79 Å². The molecule has 2 N–H and O–H groups in total. The first kappa shape index (κ1) is 14.1. The van der Waals surface area contributed by atoms with Crippen molar-refractivity contribution in [3.05, 3.63) is 41.2 Å². The van der Waals surface area contributed by atoms with E-state index in [1.54, 1.807) is 23.9 Å². The van der Waals surface area contributed by atoms with Crippen molar-refractivity contribution in [2.45, 2.75) is 43.1 Å². The quantitative estimate of drug-likeness (QED) is 0.880. The molecule has 21 heavy (non-hydrogen) atoms. The van der Waals surface area contributed by atoms with Crippen molar-refractivity contribution in [3.63, 3.8) is 0 Å². The van der Waals surface area contributed by atoms with Crippen LogP contribution in [0.5, 0.6) is 0 Å². The molecule has 3 rings (SSSR count). The van der Waals surface area contributed by atoms with Gasteiger partial charge in [-0.15, -0.1) is 10.2 Å². The third-order valence-electron chi connectivity index (χ3n) is 3.68. The maximum atomic E-state index is 11.0. The summed E-state index contributed by atoms with van der Waals surface area (Å²) < 4.78 is 2.25. The predicted molar refractivity (Wildman–Crippen MR) is 82.1 cm³/mol. The average molecular weight is 302 g/mol. The SMILES string of the molecule is NC(=O)c1ccc(CSc2nnc3n2CCCCC3)cc1. The molecular formula is C15H18N4OS. The van der Waals surface area contributed by atoms with Gasteiger partial charge in [-0.1, -0.05) is 30.3 Å². The summed E-state index contributed by atoms with van der Waals surface area (Å²) in [6.45, 7) is 1.02. The molecule has 0 saturated carbocycles. The minimum atomic E-state index is -0.392. The molecule has 0 aliphatic carbocycles. The summed E-state index contributed by atoms with van der Waals surface area (Å²) in [4.78, 5) is 11.0. The topological polar surface area (TPSA) is 73.8 Å². The van der Waals surface area contributed by atoms with Gasteiger partial charge in [0, 0.05) is 24.3 Å². The molecule has 2 aromatic rings. The molecule has 1 aromatic heterocycles. The number of aryl methyl sites for hydroxylation is 1. The summed E-state index contributed by atoms with van der Waals surface area (Å²) in [5.74, 6) is 1.54. The first-order valence-corrected chi connectivity index (χ1v) is 8.16. The lowest BCUT2D eigenvalue weighted by molar-refractivity contribution is 0.100. The summed E-state index contributed by atoms with van der Waals surface area (Å²) in [6, 6.07) is 7.41. The van der Waals surface area contributed by atoms with Gasteiger partial charge in [-0.2, -0.15) is 0 Å². The highest BCUT2D eigenvalue weighted by Gasteiger charge is 2.14. The van der Waals surface area contributed by atoms with Crippen molar-refractivity contribution in [1.82, 2.24) is 14.8 Å². The van der Waals surface area contributed by atoms with Gasteiger partial charge in [-0.3, -0.25) is 4.79 Å². The predicted octanol–water partition coefficient (Wildman–Crippen LogP) is 2.40. The lowest BCUT2D eigenvalue weighted by Crippen LogP contribution is -2.10. The fraction of sp³-hybridized carbons (Fsp3) is 0.400. The van der Waals surface area contributed by atoms with Gasteiger partial charge < -0.3 is 10.3 Å². The Labute approximate surface area is 127 Å². The van der Waals surface area contributed by atoms with Crippen LogP contribution < -0.4 is 5.73 Å². The van der Waals surface area contributed by atoms with Crippen LogP contribution in [0.15, 0.2) is 29.4 Å². The van der Waals surface area contributed by atoms with Crippen molar-refractivity contribution < 1.29 is 4.79 Å². The molecule has 0 saturated heterocycles. The van der Waals surface area contributed by atoms with Crippen molar-refractivity contribution in [2.24, 2.45) is 5.73 Å². The Morgan fingerprint density at radius 1 is 1.19 bits per heavy atom. The molecule has 2 heterocycles. The Hall–Kier alpha value is -1.82. The standard InChI is InChI=1S/C15H18N4OS/c16-14(20)12-7-5-11(6-8-12)10-21-15-18-17-13-4-2-1-3-9-19(13)15/h5-8H,1-4,9-10H2,(H2,16,20). The molecule has 1 aliphatic rings. The van der Waals surface area contributed by atoms with Gasteiger partial charge in [-0.25, -0.2) is 0 Å². The molecule has 6 heteroatoms. The Morgan fingerprint density at radius 3 is 2.76 bits per heavy atom. The zero-order chi connectivity index (χ0) is 14.7. The van der Waals surface area contributed by atoms with Crippen LogP contribution in [0.2, 0.25) is 0 Å². The highest BCUT2D eigenvalue weighted by Crippen LogP contribution is 2.24. The van der Waals surface area contributed by atoms with Crippen molar-refractivity contribution >= 4 is 17.7 Å². The number of hydrogen-bond acceptors (Lipinski definition) is 4. The van der Waals surface area contributed by atoms with E-state index in [1.165, 1.54) is 19.3 Å². The number of fused-ring (bicyclic) bond motifs is 1. The molecule has 0 fully saturated rings. The van der Waals surface area contributed by atoms with E-state index in [-0.39, 0.29) is 0 Å². The van der Waals surface area contributed by atoms with E-state index in [0.29, 0.717) is 5.56 Å². The normalized spacial score (nSPS) is 14.5. The molecule has 1 aliphatic heterocycles. The Bertz CT molecular complexity index is 636. The molecule has 0 spiro atoms. The van der Waals surface area contributed by atoms with Crippen LogP contribution in [0.4, 0.5) is 0 Å². The summed E-state index contributed by atoms with van der Waals surface area (Å²) in [6.07, 6.45) is 4.70. The van der Waals surface area contributed by atoms with E-state index in [2.05, 4.69) is 14.8 Å². The number of rotatable bonds is 4. The molecule has 1 amide bonds. The number of carbonyl (C=O) groups excluding carboxylic acids is 1. The van der Waals surface area contributed by atoms with E-state index >= 15 is 0 Å². The third-order valence-corrected chi connectivity index (χ3v) is 4.72. The van der Waals surface area contributed by atoms with E-state index in [0.717, 1.165) is 35.3 Å². The van der Waals surface area contributed by atoms with E-state index in [1.807, 2.05) is 12.1 Å². The van der Waals surface area contributed by atoms with Gasteiger partial charge in [0.2, 0.25) is 5.91 Å². The third kappa shape index (κ3) is 3.26. The van der Waals surface area contributed by atoms with Crippen molar-refractivity contribution in [3.8, 4) is 0 Å². The lowest BCUT2D eigenvalue weighted by atomic mass is 10.1. The minimum Gasteiger partial charge on any atom is -0.366 e. The first-order valence-electron chi connectivity index (χ1n) is 7.17. The Morgan fingerprint density at radius 2 is 2.00 bits per heavy atom. The number of thioether (sulfide) groups is 1. The highest BCUT2D eigenvalue weighted by atomic mass is 32.2. The molecule has 5 nitrogen and oxygen atoms in total. The Balaban J connectivity index is 1.67. The number of nitrogens with zero attached hydrogens (tertiary/aromatic N) is 3. The summed E-state index contributed by atoms with van der Waals surface area (Å²) >= 11 is 1.69. The Kier molecular flexibility index (Phi) is 4.24. The summed E-state index contributed by atoms with van der Waals surface area (Å²) in [5, 5.41) is 9.59. The molecular weight excluding hydrogens is 284 g/mol. The van der Waals surface area contributed by atoms with Crippen LogP contribution in [0.1, 0.15) is 41.0 Å². The van der Waals surface area contributed by atoms with Gasteiger partial charge in [0.25, 0.3) is 0 Å². The van der Waals surface area contributed by atoms with Gasteiger partial charge in [0.05, 0.1) is 0 Å². The number of amides is 1. The smallest absolute Gasteiger partial charge is 0.248 e. The zero-order valence-corrected chi connectivity index (χ0v) is 12.6. The van der Waals surface area contributed by atoms with Gasteiger partial charge in [-0.05, 0) is 30.5 Å². The van der Waals surface area contributed by atoms with Gasteiger partial charge >= 0.3 is 0 Å². The van der Waals surface area contributed by atoms with E-state index in [4.69, 9.17) is 5.73 Å². The second kappa shape index (κ2) is 6.30. The number of hydrogen-bond donors (Lipinski definition) is 1. The fourth-order valence-electron chi connectivity index (χ4n) is 2.48. The lowest BCUT2D eigenvalue weighted by Gasteiger charge is -2.06. The molecule has 0 bridgehead atoms. The number of aromatic nitrogens is 3. The van der Waals surface area contributed by atoms with Gasteiger partial charge in [0.1, 0.15) is 5.82 Å². The molecule has 0 radical (unpaired) electrons. The number of benzene rings is 1. The molecule has 0 atom stereocenters. The van der Waals surface area contributed by atoms with Crippen LogP contribution in [-0.2, 0) is 18.7 Å². The fourth-order valence-corrected chi connectivity index (χ4v) is 3.42. The largest absolute Gasteiger partial charge is 0.366 e. The van der Waals surface area contributed by atoms with Crippen molar-refractivity contribution in [2.75, 3.05) is 0 Å². The zero-order valence-electron chi connectivity index (χ0n) is 11.8. The van der Waals surface area contributed by atoms with Crippen LogP contribution in [0, 0.1) is 0 Å². The van der Waals surface area contributed by atoms with Crippen LogP contribution >= 0.6 is 11.8 Å². The molecule has 110 valence electrons. The number of carbonyl (C=O) groups is 1. The maximum absolute atomic E-state index is 11.0. The molecule has 0 unspecified atom stereocenters. The summed E-state index contributed by atoms with van der Waals surface area (Å²) in [5.41, 5.74) is 6.93. The number of primary amides is 1. The average Bonchev–Trinajstić information content (AvgIpc) is 2.72.